The Kier molecular flexibility index (Phi) is 6.65. The summed E-state index contributed by atoms with van der Waals surface area (Å²) in [7, 11) is 2.09. The highest BCUT2D eigenvalue weighted by Gasteiger charge is 2.12. The Morgan fingerprint density at radius 1 is 1.29 bits per heavy atom. The predicted octanol–water partition coefficient (Wildman–Crippen LogP) is 1.77. The van der Waals surface area contributed by atoms with Gasteiger partial charge in [0.05, 0.1) is 0 Å². The molecule has 1 aliphatic heterocycles. The summed E-state index contributed by atoms with van der Waals surface area (Å²) in [6.07, 6.45) is 6.61. The van der Waals surface area contributed by atoms with Crippen molar-refractivity contribution in [3.63, 3.8) is 0 Å². The number of nitrogens with zero attached hydrogens (tertiary/aromatic N) is 1. The topological polar surface area (TPSA) is 15.3 Å². The second-order valence-electron chi connectivity index (χ2n) is 4.19. The molecule has 1 fully saturated rings. The van der Waals surface area contributed by atoms with Gasteiger partial charge >= 0.3 is 0 Å². The minimum atomic E-state index is 0.766. The lowest BCUT2D eigenvalue weighted by Crippen LogP contribution is -2.34. The Labute approximate surface area is 93.8 Å². The third-order valence-electron chi connectivity index (χ3n) is 3.09. The van der Waals surface area contributed by atoms with Crippen LogP contribution in [0.3, 0.4) is 0 Å². The second-order valence-corrected chi connectivity index (χ2v) is 4.64. The van der Waals surface area contributed by atoms with E-state index < -0.39 is 0 Å². The van der Waals surface area contributed by atoms with Crippen molar-refractivity contribution < 1.29 is 0 Å². The molecule has 0 aliphatic carbocycles. The van der Waals surface area contributed by atoms with Gasteiger partial charge < -0.3 is 10.2 Å². The highest BCUT2D eigenvalue weighted by atomic mass is 32.1. The van der Waals surface area contributed by atoms with Crippen LogP contribution in [0.15, 0.2) is 0 Å². The fraction of sp³-hybridized carbons (Fsp3) is 1.00. The fourth-order valence-electron chi connectivity index (χ4n) is 2.19. The summed E-state index contributed by atoms with van der Waals surface area (Å²) >= 11 is 4.26. The number of thiol groups is 1. The van der Waals surface area contributed by atoms with Crippen LogP contribution in [0.2, 0.25) is 0 Å². The Morgan fingerprint density at radius 3 is 2.43 bits per heavy atom. The lowest BCUT2D eigenvalue weighted by molar-refractivity contribution is 0.235. The maximum absolute atomic E-state index is 4.26. The molecule has 0 spiro atoms. The van der Waals surface area contributed by atoms with Gasteiger partial charge in [0.1, 0.15) is 0 Å². The van der Waals surface area contributed by atoms with Crippen LogP contribution in [-0.4, -0.2) is 43.4 Å². The molecule has 0 aromatic carbocycles. The molecular formula is C11H24N2S. The SMILES string of the molecule is CNC1CCCN(CCCS)CCC1. The third kappa shape index (κ3) is 4.67. The highest BCUT2D eigenvalue weighted by Crippen LogP contribution is 2.11. The highest BCUT2D eigenvalue weighted by molar-refractivity contribution is 7.80. The lowest BCUT2D eigenvalue weighted by atomic mass is 10.0. The van der Waals surface area contributed by atoms with Crippen LogP contribution >= 0.6 is 12.6 Å². The van der Waals surface area contributed by atoms with Crippen molar-refractivity contribution in [3.8, 4) is 0 Å². The molecule has 1 rings (SSSR count). The molecule has 0 unspecified atom stereocenters. The number of hydrogen-bond donors (Lipinski definition) is 2. The van der Waals surface area contributed by atoms with Crippen molar-refractivity contribution in [1.82, 2.24) is 10.2 Å². The fourth-order valence-corrected chi connectivity index (χ4v) is 2.33. The first kappa shape index (κ1) is 12.3. The van der Waals surface area contributed by atoms with Gasteiger partial charge in [0.25, 0.3) is 0 Å². The number of nitrogens with one attached hydrogen (secondary N) is 1. The van der Waals surface area contributed by atoms with E-state index in [2.05, 4.69) is 29.9 Å². The molecule has 1 N–H and O–H groups in total. The van der Waals surface area contributed by atoms with Gasteiger partial charge in [-0.25, -0.2) is 0 Å². The van der Waals surface area contributed by atoms with Gasteiger partial charge in [0.15, 0.2) is 0 Å². The monoisotopic (exact) mass is 216 g/mol. The van der Waals surface area contributed by atoms with E-state index in [1.54, 1.807) is 0 Å². The maximum atomic E-state index is 4.26. The smallest absolute Gasteiger partial charge is 0.00650 e. The van der Waals surface area contributed by atoms with Gasteiger partial charge in [-0.15, -0.1) is 0 Å². The summed E-state index contributed by atoms with van der Waals surface area (Å²) in [4.78, 5) is 2.60. The first-order chi connectivity index (χ1) is 6.86. The first-order valence-corrected chi connectivity index (χ1v) is 6.50. The minimum Gasteiger partial charge on any atom is -0.317 e. The van der Waals surface area contributed by atoms with E-state index in [-0.39, 0.29) is 0 Å². The molecule has 1 aliphatic rings. The average Bonchev–Trinajstić information content (AvgIpc) is 2.16. The van der Waals surface area contributed by atoms with E-state index >= 15 is 0 Å². The molecule has 0 bridgehead atoms. The van der Waals surface area contributed by atoms with Crippen molar-refractivity contribution in [2.45, 2.75) is 38.1 Å². The van der Waals surface area contributed by atoms with Crippen molar-refractivity contribution >= 4 is 12.6 Å². The summed E-state index contributed by atoms with van der Waals surface area (Å²) in [6, 6.07) is 0.766. The molecule has 0 radical (unpaired) electrons. The van der Waals surface area contributed by atoms with Crippen LogP contribution in [0.25, 0.3) is 0 Å². The molecule has 0 atom stereocenters. The largest absolute Gasteiger partial charge is 0.317 e. The minimum absolute atomic E-state index is 0.766. The van der Waals surface area contributed by atoms with Gasteiger partial charge in [-0.05, 0) is 64.5 Å². The van der Waals surface area contributed by atoms with E-state index in [1.807, 2.05) is 0 Å². The average molecular weight is 216 g/mol. The zero-order chi connectivity index (χ0) is 10.2. The molecule has 1 heterocycles. The molecule has 0 saturated carbocycles. The quantitative estimate of drug-likeness (QED) is 0.696. The normalized spacial score (nSPS) is 21.9. The van der Waals surface area contributed by atoms with Gasteiger partial charge in [-0.2, -0.15) is 12.6 Å². The third-order valence-corrected chi connectivity index (χ3v) is 3.41. The number of rotatable bonds is 4. The zero-order valence-electron chi connectivity index (χ0n) is 9.34. The van der Waals surface area contributed by atoms with Gasteiger partial charge in [-0.1, -0.05) is 0 Å². The molecule has 0 aromatic rings. The molecule has 0 amide bonds. The van der Waals surface area contributed by atoms with Crippen molar-refractivity contribution in [1.29, 1.82) is 0 Å². The van der Waals surface area contributed by atoms with Gasteiger partial charge in [0.2, 0.25) is 0 Å². The number of likely N-dealkylation sites (tertiary alicyclic amines) is 1. The Hall–Kier alpha value is 0.270. The van der Waals surface area contributed by atoms with Crippen LogP contribution < -0.4 is 5.32 Å². The van der Waals surface area contributed by atoms with E-state index in [4.69, 9.17) is 0 Å². The van der Waals surface area contributed by atoms with Crippen molar-refractivity contribution in [2.24, 2.45) is 0 Å². The zero-order valence-corrected chi connectivity index (χ0v) is 10.2. The standard InChI is InChI=1S/C11H24N2S/c1-12-11-5-2-7-13(8-3-6-11)9-4-10-14/h11-12,14H,2-10H2,1H3. The summed E-state index contributed by atoms with van der Waals surface area (Å²) in [5, 5.41) is 3.40. The van der Waals surface area contributed by atoms with E-state index in [0.717, 1.165) is 11.8 Å². The van der Waals surface area contributed by atoms with Crippen LogP contribution in [-0.2, 0) is 0 Å². The maximum Gasteiger partial charge on any atom is 0.00650 e. The summed E-state index contributed by atoms with van der Waals surface area (Å²) in [6.45, 7) is 3.81. The molecular weight excluding hydrogens is 192 g/mol. The van der Waals surface area contributed by atoms with Crippen LogP contribution in [0.4, 0.5) is 0 Å². The van der Waals surface area contributed by atoms with Crippen molar-refractivity contribution in [2.75, 3.05) is 32.4 Å². The molecule has 1 saturated heterocycles. The molecule has 2 nitrogen and oxygen atoms in total. The molecule has 84 valence electrons. The Bertz CT molecular complexity index is 131. The number of hydrogen-bond acceptors (Lipinski definition) is 3. The van der Waals surface area contributed by atoms with Gasteiger partial charge in [-0.3, -0.25) is 0 Å². The summed E-state index contributed by atoms with van der Waals surface area (Å²) in [5.41, 5.74) is 0. The van der Waals surface area contributed by atoms with Crippen LogP contribution in [0.5, 0.6) is 0 Å². The predicted molar refractivity (Wildman–Crippen MR) is 66.2 cm³/mol. The molecule has 3 heteroatoms. The summed E-state index contributed by atoms with van der Waals surface area (Å²) < 4.78 is 0. The second kappa shape index (κ2) is 7.55. The lowest BCUT2D eigenvalue weighted by Gasteiger charge is -2.27. The Balaban J connectivity index is 2.18. The van der Waals surface area contributed by atoms with Crippen molar-refractivity contribution in [3.05, 3.63) is 0 Å². The Morgan fingerprint density at radius 2 is 1.93 bits per heavy atom. The van der Waals surface area contributed by atoms with E-state index in [1.165, 1.54) is 51.7 Å². The van der Waals surface area contributed by atoms with Gasteiger partial charge in [0, 0.05) is 6.04 Å². The van der Waals surface area contributed by atoms with Crippen LogP contribution in [0.1, 0.15) is 32.1 Å². The molecule has 0 aromatic heterocycles. The van der Waals surface area contributed by atoms with Crippen LogP contribution in [0, 0.1) is 0 Å². The first-order valence-electron chi connectivity index (χ1n) is 5.87. The molecule has 14 heavy (non-hydrogen) atoms. The van der Waals surface area contributed by atoms with E-state index in [9.17, 15) is 0 Å². The van der Waals surface area contributed by atoms with E-state index in [0.29, 0.717) is 0 Å². The summed E-state index contributed by atoms with van der Waals surface area (Å²) in [5.74, 6) is 1.02.